The van der Waals surface area contributed by atoms with Crippen molar-refractivity contribution in [2.75, 3.05) is 5.43 Å². The summed E-state index contributed by atoms with van der Waals surface area (Å²) in [6.07, 6.45) is 2.23. The number of oxazole rings is 1. The highest BCUT2D eigenvalue weighted by Crippen LogP contribution is 2.21. The van der Waals surface area contributed by atoms with Crippen LogP contribution in [0.15, 0.2) is 64.1 Å². The van der Waals surface area contributed by atoms with E-state index in [2.05, 4.69) is 15.5 Å². The number of aryl methyl sites for hydroxylation is 1. The van der Waals surface area contributed by atoms with Crippen molar-refractivity contribution in [3.8, 4) is 17.6 Å². The highest BCUT2D eigenvalue weighted by molar-refractivity contribution is 5.80. The fourth-order valence-electron chi connectivity index (χ4n) is 2.12. The van der Waals surface area contributed by atoms with E-state index in [1.54, 1.807) is 6.21 Å². The molecule has 1 aromatic heterocycles. The van der Waals surface area contributed by atoms with E-state index in [-0.39, 0.29) is 11.6 Å². The molecule has 0 saturated heterocycles. The van der Waals surface area contributed by atoms with Gasteiger partial charge in [-0.1, -0.05) is 37.3 Å². The first-order valence-corrected chi connectivity index (χ1v) is 7.80. The summed E-state index contributed by atoms with van der Waals surface area (Å²) in [7, 11) is 0. The molecule has 0 spiro atoms. The molecule has 0 fully saturated rings. The standard InChI is InChI=1S/C19H16N4O2/c1-2-18-22-17(12-20)19(25-18)23-21-13-14-7-6-10-16(11-14)24-15-8-4-3-5-9-15/h3-11,13,23H,2H2,1H3. The van der Waals surface area contributed by atoms with Crippen LogP contribution < -0.4 is 10.2 Å². The molecule has 124 valence electrons. The molecule has 0 aliphatic rings. The average Bonchev–Trinajstić information content (AvgIpc) is 3.05. The molecule has 0 aliphatic carbocycles. The number of hydrogen-bond acceptors (Lipinski definition) is 6. The molecule has 1 N–H and O–H groups in total. The number of ether oxygens (including phenoxy) is 1. The Labute approximate surface area is 145 Å². The van der Waals surface area contributed by atoms with Gasteiger partial charge in [0.05, 0.1) is 6.21 Å². The average molecular weight is 332 g/mol. The number of aromatic nitrogens is 1. The van der Waals surface area contributed by atoms with Gasteiger partial charge in [-0.3, -0.25) is 0 Å². The molecule has 0 aliphatic heterocycles. The van der Waals surface area contributed by atoms with Crippen molar-refractivity contribution in [2.24, 2.45) is 5.10 Å². The third kappa shape index (κ3) is 4.24. The summed E-state index contributed by atoms with van der Waals surface area (Å²) in [5.41, 5.74) is 3.75. The van der Waals surface area contributed by atoms with Crippen molar-refractivity contribution in [3.63, 3.8) is 0 Å². The second-order valence-electron chi connectivity index (χ2n) is 5.11. The lowest BCUT2D eigenvalue weighted by atomic mass is 10.2. The van der Waals surface area contributed by atoms with Gasteiger partial charge in [-0.15, -0.1) is 0 Å². The van der Waals surface area contributed by atoms with Gasteiger partial charge in [0.2, 0.25) is 5.69 Å². The highest BCUT2D eigenvalue weighted by atomic mass is 16.5. The van der Waals surface area contributed by atoms with Gasteiger partial charge in [0, 0.05) is 6.42 Å². The van der Waals surface area contributed by atoms with Crippen LogP contribution in [0, 0.1) is 11.3 Å². The van der Waals surface area contributed by atoms with E-state index >= 15 is 0 Å². The van der Waals surface area contributed by atoms with E-state index in [9.17, 15) is 0 Å². The quantitative estimate of drug-likeness (QED) is 0.536. The number of rotatable bonds is 6. The monoisotopic (exact) mass is 332 g/mol. The lowest BCUT2D eigenvalue weighted by molar-refractivity contribution is 0.482. The van der Waals surface area contributed by atoms with Crippen molar-refractivity contribution < 1.29 is 9.15 Å². The first-order valence-electron chi connectivity index (χ1n) is 7.80. The van der Waals surface area contributed by atoms with Crippen molar-refractivity contribution in [3.05, 3.63) is 71.7 Å². The minimum Gasteiger partial charge on any atom is -0.457 e. The molecular weight excluding hydrogens is 316 g/mol. The number of nitrogens with zero attached hydrogens (tertiary/aromatic N) is 3. The summed E-state index contributed by atoms with van der Waals surface area (Å²) >= 11 is 0. The molecule has 0 atom stereocenters. The van der Waals surface area contributed by atoms with E-state index in [0.717, 1.165) is 11.3 Å². The Kier molecular flexibility index (Phi) is 5.07. The van der Waals surface area contributed by atoms with E-state index in [4.69, 9.17) is 14.4 Å². The second-order valence-corrected chi connectivity index (χ2v) is 5.11. The minimum absolute atomic E-state index is 0.190. The first-order chi connectivity index (χ1) is 12.3. The van der Waals surface area contributed by atoms with Crippen LogP contribution >= 0.6 is 0 Å². The van der Waals surface area contributed by atoms with Gasteiger partial charge in [-0.05, 0) is 29.8 Å². The largest absolute Gasteiger partial charge is 0.457 e. The zero-order chi connectivity index (χ0) is 17.5. The Morgan fingerprint density at radius 2 is 2.00 bits per heavy atom. The Morgan fingerprint density at radius 1 is 1.20 bits per heavy atom. The van der Waals surface area contributed by atoms with E-state index < -0.39 is 0 Å². The number of hydrogen-bond donors (Lipinski definition) is 1. The summed E-state index contributed by atoms with van der Waals surface area (Å²) in [6.45, 7) is 1.90. The Balaban J connectivity index is 1.69. The van der Waals surface area contributed by atoms with Gasteiger partial charge >= 0.3 is 0 Å². The van der Waals surface area contributed by atoms with Crippen molar-refractivity contribution in [1.82, 2.24) is 4.98 Å². The molecule has 1 heterocycles. The molecule has 3 aromatic rings. The fraction of sp³-hybridized carbons (Fsp3) is 0.105. The van der Waals surface area contributed by atoms with Gasteiger partial charge < -0.3 is 9.15 Å². The first kappa shape index (κ1) is 16.3. The van der Waals surface area contributed by atoms with Crippen LogP contribution in [0.2, 0.25) is 0 Å². The van der Waals surface area contributed by atoms with Gasteiger partial charge in [0.25, 0.3) is 5.88 Å². The number of nitrogens with one attached hydrogen (secondary N) is 1. The summed E-state index contributed by atoms with van der Waals surface area (Å²) < 4.78 is 11.2. The van der Waals surface area contributed by atoms with Crippen LogP contribution in [0.4, 0.5) is 5.88 Å². The van der Waals surface area contributed by atoms with Crippen molar-refractivity contribution in [2.45, 2.75) is 13.3 Å². The molecule has 0 saturated carbocycles. The van der Waals surface area contributed by atoms with E-state index in [1.807, 2.05) is 67.6 Å². The van der Waals surface area contributed by atoms with Gasteiger partial charge in [-0.25, -0.2) is 10.4 Å². The summed E-state index contributed by atoms with van der Waals surface area (Å²) in [5, 5.41) is 13.1. The summed E-state index contributed by atoms with van der Waals surface area (Å²) in [5.74, 6) is 2.21. The van der Waals surface area contributed by atoms with Crippen LogP contribution in [0.25, 0.3) is 0 Å². The molecule has 6 heteroatoms. The third-order valence-corrected chi connectivity index (χ3v) is 3.30. The molecule has 0 unspecified atom stereocenters. The number of para-hydroxylation sites is 1. The van der Waals surface area contributed by atoms with Crippen LogP contribution in [0.3, 0.4) is 0 Å². The van der Waals surface area contributed by atoms with E-state index in [0.29, 0.717) is 18.1 Å². The predicted molar refractivity (Wildman–Crippen MR) is 94.8 cm³/mol. The number of nitriles is 1. The topological polar surface area (TPSA) is 83.4 Å². The summed E-state index contributed by atoms with van der Waals surface area (Å²) in [4.78, 5) is 4.05. The van der Waals surface area contributed by atoms with Gasteiger partial charge in [0.15, 0.2) is 5.89 Å². The van der Waals surface area contributed by atoms with Gasteiger partial charge in [0.1, 0.15) is 17.6 Å². The maximum atomic E-state index is 9.04. The highest BCUT2D eigenvalue weighted by Gasteiger charge is 2.10. The maximum absolute atomic E-state index is 9.04. The maximum Gasteiger partial charge on any atom is 0.252 e. The normalized spacial score (nSPS) is 10.6. The molecule has 0 radical (unpaired) electrons. The molecule has 0 bridgehead atoms. The second kappa shape index (κ2) is 7.79. The van der Waals surface area contributed by atoms with Crippen LogP contribution in [0.1, 0.15) is 24.1 Å². The fourth-order valence-corrected chi connectivity index (χ4v) is 2.12. The predicted octanol–water partition coefficient (Wildman–Crippen LogP) is 4.35. The van der Waals surface area contributed by atoms with Crippen LogP contribution in [-0.2, 0) is 6.42 Å². The number of hydrazone groups is 1. The van der Waals surface area contributed by atoms with Gasteiger partial charge in [-0.2, -0.15) is 10.4 Å². The number of benzene rings is 2. The SMILES string of the molecule is CCc1nc(C#N)c(NN=Cc2cccc(Oc3ccccc3)c2)o1. The molecule has 25 heavy (non-hydrogen) atoms. The van der Waals surface area contributed by atoms with Crippen LogP contribution in [0.5, 0.6) is 11.5 Å². The van der Waals surface area contributed by atoms with Crippen molar-refractivity contribution in [1.29, 1.82) is 5.26 Å². The van der Waals surface area contributed by atoms with Crippen molar-refractivity contribution >= 4 is 12.1 Å². The Morgan fingerprint density at radius 3 is 2.76 bits per heavy atom. The lowest BCUT2D eigenvalue weighted by Gasteiger charge is -2.05. The molecule has 2 aromatic carbocycles. The van der Waals surface area contributed by atoms with Crippen LogP contribution in [-0.4, -0.2) is 11.2 Å². The molecule has 0 amide bonds. The minimum atomic E-state index is 0.190. The Hall–Kier alpha value is -3.59. The molecule has 6 nitrogen and oxygen atoms in total. The molecular formula is C19H16N4O2. The zero-order valence-electron chi connectivity index (χ0n) is 13.6. The summed E-state index contributed by atoms with van der Waals surface area (Å²) in [6, 6.07) is 19.0. The molecule has 3 rings (SSSR count). The van der Waals surface area contributed by atoms with E-state index in [1.165, 1.54) is 0 Å². The number of anilines is 1. The smallest absolute Gasteiger partial charge is 0.252 e. The zero-order valence-corrected chi connectivity index (χ0v) is 13.6. The third-order valence-electron chi connectivity index (χ3n) is 3.30. The lowest BCUT2D eigenvalue weighted by Crippen LogP contribution is -1.92. The Bertz CT molecular complexity index is 911.